The van der Waals surface area contributed by atoms with E-state index in [1.54, 1.807) is 12.1 Å². The predicted molar refractivity (Wildman–Crippen MR) is 94.9 cm³/mol. The molecule has 0 bridgehead atoms. The fraction of sp³-hybridized carbons (Fsp3) is 0.333. The number of hydrogen-bond acceptors (Lipinski definition) is 3. The van der Waals surface area contributed by atoms with Gasteiger partial charge in [-0.15, -0.1) is 11.3 Å². The number of benzene rings is 1. The lowest BCUT2D eigenvalue weighted by Gasteiger charge is -2.08. The molecule has 3 N–H and O–H groups in total. The van der Waals surface area contributed by atoms with Gasteiger partial charge in [0, 0.05) is 16.5 Å². The standard InChI is InChI=1S/C18H22N2O2S/c1-4-5-14-10-15(23-16(14)17(19)21)12-6-8-13(9-7-12)18(22)20-11(2)3/h6-11H,4-5H2,1-3H3,(H2,19,21)(H,20,22). The number of carbonyl (C=O) groups excluding carboxylic acids is 2. The van der Waals surface area contributed by atoms with Gasteiger partial charge in [0.1, 0.15) is 0 Å². The number of amides is 2. The molecule has 23 heavy (non-hydrogen) atoms. The molecule has 0 atom stereocenters. The number of thiophene rings is 1. The molecular weight excluding hydrogens is 308 g/mol. The summed E-state index contributed by atoms with van der Waals surface area (Å²) in [4.78, 5) is 25.2. The molecule has 0 saturated heterocycles. The summed E-state index contributed by atoms with van der Waals surface area (Å²) in [5, 5.41) is 2.87. The van der Waals surface area contributed by atoms with Crippen molar-refractivity contribution in [3.8, 4) is 10.4 Å². The van der Waals surface area contributed by atoms with Gasteiger partial charge in [-0.05, 0) is 49.6 Å². The highest BCUT2D eigenvalue weighted by atomic mass is 32.1. The molecule has 0 spiro atoms. The van der Waals surface area contributed by atoms with Crippen LogP contribution in [0.3, 0.4) is 0 Å². The smallest absolute Gasteiger partial charge is 0.259 e. The number of nitrogens with one attached hydrogen (secondary N) is 1. The average Bonchev–Trinajstić information content (AvgIpc) is 2.91. The Balaban J connectivity index is 2.27. The van der Waals surface area contributed by atoms with Crippen LogP contribution < -0.4 is 11.1 Å². The first-order valence-electron chi connectivity index (χ1n) is 7.76. The molecule has 0 aliphatic heterocycles. The summed E-state index contributed by atoms with van der Waals surface area (Å²) >= 11 is 1.41. The largest absolute Gasteiger partial charge is 0.365 e. The molecule has 2 rings (SSSR count). The van der Waals surface area contributed by atoms with E-state index in [0.29, 0.717) is 10.4 Å². The van der Waals surface area contributed by atoms with Crippen molar-refractivity contribution in [1.29, 1.82) is 0 Å². The van der Waals surface area contributed by atoms with Crippen LogP contribution in [0.2, 0.25) is 0 Å². The monoisotopic (exact) mass is 330 g/mol. The number of hydrogen-bond donors (Lipinski definition) is 2. The van der Waals surface area contributed by atoms with E-state index >= 15 is 0 Å². The Labute approximate surface area is 140 Å². The SMILES string of the molecule is CCCc1cc(-c2ccc(C(=O)NC(C)C)cc2)sc1C(N)=O. The highest BCUT2D eigenvalue weighted by Crippen LogP contribution is 2.32. The van der Waals surface area contributed by atoms with Crippen LogP contribution in [0.15, 0.2) is 30.3 Å². The maximum absolute atomic E-state index is 12.0. The summed E-state index contributed by atoms with van der Waals surface area (Å²) < 4.78 is 0. The zero-order chi connectivity index (χ0) is 17.0. The van der Waals surface area contributed by atoms with E-state index in [-0.39, 0.29) is 17.9 Å². The Hall–Kier alpha value is -2.14. The third kappa shape index (κ3) is 4.20. The first-order valence-corrected chi connectivity index (χ1v) is 8.57. The van der Waals surface area contributed by atoms with E-state index in [1.807, 2.05) is 32.0 Å². The minimum atomic E-state index is -0.377. The lowest BCUT2D eigenvalue weighted by Crippen LogP contribution is -2.29. The van der Waals surface area contributed by atoms with Gasteiger partial charge in [0.05, 0.1) is 4.88 Å². The Kier molecular flexibility index (Phi) is 5.55. The lowest BCUT2D eigenvalue weighted by molar-refractivity contribution is 0.0942. The molecule has 0 unspecified atom stereocenters. The fourth-order valence-corrected chi connectivity index (χ4v) is 3.43. The average molecular weight is 330 g/mol. The second-order valence-electron chi connectivity index (χ2n) is 5.78. The van der Waals surface area contributed by atoms with Crippen molar-refractivity contribution in [1.82, 2.24) is 5.32 Å². The Morgan fingerprint density at radius 3 is 2.39 bits per heavy atom. The van der Waals surface area contributed by atoms with E-state index in [0.717, 1.165) is 28.8 Å². The van der Waals surface area contributed by atoms with Gasteiger partial charge in [-0.2, -0.15) is 0 Å². The van der Waals surface area contributed by atoms with Crippen molar-refractivity contribution in [3.63, 3.8) is 0 Å². The van der Waals surface area contributed by atoms with Crippen molar-refractivity contribution in [2.45, 2.75) is 39.7 Å². The lowest BCUT2D eigenvalue weighted by atomic mass is 10.1. The van der Waals surface area contributed by atoms with Gasteiger partial charge < -0.3 is 11.1 Å². The zero-order valence-electron chi connectivity index (χ0n) is 13.7. The van der Waals surface area contributed by atoms with Crippen molar-refractivity contribution in [2.24, 2.45) is 5.73 Å². The van der Waals surface area contributed by atoms with Crippen molar-refractivity contribution >= 4 is 23.2 Å². The van der Waals surface area contributed by atoms with Crippen LogP contribution >= 0.6 is 11.3 Å². The van der Waals surface area contributed by atoms with E-state index in [2.05, 4.69) is 12.2 Å². The number of nitrogens with two attached hydrogens (primary N) is 1. The van der Waals surface area contributed by atoms with Crippen molar-refractivity contribution in [3.05, 3.63) is 46.3 Å². The van der Waals surface area contributed by atoms with Gasteiger partial charge >= 0.3 is 0 Å². The van der Waals surface area contributed by atoms with Gasteiger partial charge in [-0.3, -0.25) is 9.59 Å². The molecule has 0 aliphatic rings. The predicted octanol–water partition coefficient (Wildman–Crippen LogP) is 3.60. The summed E-state index contributed by atoms with van der Waals surface area (Å²) in [5.74, 6) is -0.458. The Morgan fingerprint density at radius 1 is 1.22 bits per heavy atom. The summed E-state index contributed by atoms with van der Waals surface area (Å²) in [5.41, 5.74) is 8.08. The molecule has 0 saturated carbocycles. The fourth-order valence-electron chi connectivity index (χ4n) is 2.37. The van der Waals surface area contributed by atoms with Crippen LogP contribution in [-0.4, -0.2) is 17.9 Å². The van der Waals surface area contributed by atoms with Gasteiger partial charge in [0.15, 0.2) is 0 Å². The minimum Gasteiger partial charge on any atom is -0.365 e. The number of carbonyl (C=O) groups is 2. The molecule has 2 amide bonds. The van der Waals surface area contributed by atoms with Gasteiger partial charge in [0.25, 0.3) is 11.8 Å². The highest BCUT2D eigenvalue weighted by Gasteiger charge is 2.14. The van der Waals surface area contributed by atoms with E-state index in [9.17, 15) is 9.59 Å². The van der Waals surface area contributed by atoms with E-state index in [1.165, 1.54) is 11.3 Å². The molecular formula is C18H22N2O2S. The molecule has 5 heteroatoms. The molecule has 1 aromatic heterocycles. The van der Waals surface area contributed by atoms with Gasteiger partial charge in [-0.25, -0.2) is 0 Å². The molecule has 122 valence electrons. The second-order valence-corrected chi connectivity index (χ2v) is 6.84. The van der Waals surface area contributed by atoms with E-state index in [4.69, 9.17) is 5.73 Å². The highest BCUT2D eigenvalue weighted by molar-refractivity contribution is 7.17. The van der Waals surface area contributed by atoms with Crippen LogP contribution in [0.5, 0.6) is 0 Å². The summed E-state index contributed by atoms with van der Waals surface area (Å²) in [7, 11) is 0. The summed E-state index contributed by atoms with van der Waals surface area (Å²) in [6.45, 7) is 5.93. The van der Waals surface area contributed by atoms with Crippen LogP contribution in [0.25, 0.3) is 10.4 Å². The Morgan fingerprint density at radius 2 is 1.87 bits per heavy atom. The maximum atomic E-state index is 12.0. The number of aryl methyl sites for hydroxylation is 1. The van der Waals surface area contributed by atoms with Gasteiger partial charge in [0.2, 0.25) is 0 Å². The number of rotatable bonds is 6. The first kappa shape index (κ1) is 17.2. The normalized spacial score (nSPS) is 10.8. The van der Waals surface area contributed by atoms with Crippen molar-refractivity contribution < 1.29 is 9.59 Å². The van der Waals surface area contributed by atoms with Crippen LogP contribution in [0, 0.1) is 0 Å². The van der Waals surface area contributed by atoms with Crippen LogP contribution in [-0.2, 0) is 6.42 Å². The molecule has 1 aromatic carbocycles. The van der Waals surface area contributed by atoms with Gasteiger partial charge in [-0.1, -0.05) is 25.5 Å². The topological polar surface area (TPSA) is 72.2 Å². The summed E-state index contributed by atoms with van der Waals surface area (Å²) in [6, 6.07) is 9.54. The molecule has 0 fully saturated rings. The molecule has 1 heterocycles. The first-order chi connectivity index (χ1) is 10.9. The number of primary amides is 1. The minimum absolute atomic E-state index is 0.0813. The van der Waals surface area contributed by atoms with Crippen LogP contribution in [0.4, 0.5) is 0 Å². The zero-order valence-corrected chi connectivity index (χ0v) is 14.5. The third-order valence-corrected chi connectivity index (χ3v) is 4.64. The quantitative estimate of drug-likeness (QED) is 0.849. The van der Waals surface area contributed by atoms with Crippen LogP contribution in [0.1, 0.15) is 52.8 Å². The molecule has 0 aliphatic carbocycles. The van der Waals surface area contributed by atoms with Crippen molar-refractivity contribution in [2.75, 3.05) is 0 Å². The Bertz CT molecular complexity index is 702. The molecule has 2 aromatic rings. The second kappa shape index (κ2) is 7.42. The van der Waals surface area contributed by atoms with E-state index < -0.39 is 0 Å². The molecule has 4 nitrogen and oxygen atoms in total. The molecule has 0 radical (unpaired) electrons. The summed E-state index contributed by atoms with van der Waals surface area (Å²) in [6.07, 6.45) is 1.80. The maximum Gasteiger partial charge on any atom is 0.259 e. The third-order valence-electron chi connectivity index (χ3n) is 3.40.